The van der Waals surface area contributed by atoms with E-state index in [1.165, 1.54) is 0 Å². The van der Waals surface area contributed by atoms with Crippen LogP contribution >= 0.6 is 0 Å². The second-order valence-corrected chi connectivity index (χ2v) is 4.33. The van der Waals surface area contributed by atoms with Crippen LogP contribution in [-0.2, 0) is 11.2 Å². The Kier molecular flexibility index (Phi) is 4.24. The largest absolute Gasteiger partial charge is 0.461 e. The molecule has 1 heterocycles. The van der Waals surface area contributed by atoms with Crippen molar-refractivity contribution in [2.75, 3.05) is 12.3 Å². The molecule has 0 aliphatic carbocycles. The summed E-state index contributed by atoms with van der Waals surface area (Å²) in [4.78, 5) is 16.1. The topological polar surface area (TPSA) is 93.9 Å². The highest BCUT2D eigenvalue weighted by atomic mass is 16.5. The van der Waals surface area contributed by atoms with Crippen molar-refractivity contribution in [3.63, 3.8) is 0 Å². The Balaban J connectivity index is 2.52. The van der Waals surface area contributed by atoms with Crippen LogP contribution in [0.15, 0.2) is 24.3 Å². The van der Waals surface area contributed by atoms with Crippen LogP contribution in [0.1, 0.15) is 35.7 Å². The zero-order chi connectivity index (χ0) is 15.4. The normalized spacial score (nSPS) is 10.1. The van der Waals surface area contributed by atoms with Gasteiger partial charge in [-0.1, -0.05) is 6.92 Å². The van der Waals surface area contributed by atoms with Crippen molar-refractivity contribution in [1.82, 2.24) is 9.55 Å². The summed E-state index contributed by atoms with van der Waals surface area (Å²) in [6.45, 7) is 3.92. The third kappa shape index (κ3) is 2.72. The van der Waals surface area contributed by atoms with Gasteiger partial charge in [0.1, 0.15) is 11.6 Å². The molecule has 0 aliphatic rings. The van der Waals surface area contributed by atoms with Crippen molar-refractivity contribution in [1.29, 1.82) is 5.26 Å². The van der Waals surface area contributed by atoms with Crippen LogP contribution in [0, 0.1) is 11.3 Å². The van der Waals surface area contributed by atoms with E-state index in [1.54, 1.807) is 35.8 Å². The average Bonchev–Trinajstić information content (AvgIpc) is 2.84. The SMILES string of the molecule is CCOC(=O)c1nc(CC)n(-c2ccc(C#N)cc2)c1N. The Morgan fingerprint density at radius 3 is 2.57 bits per heavy atom. The number of anilines is 1. The number of carbonyl (C=O) groups excluding carboxylic acids is 1. The summed E-state index contributed by atoms with van der Waals surface area (Å²) >= 11 is 0. The number of imidazole rings is 1. The maximum atomic E-state index is 11.9. The molecule has 0 amide bonds. The van der Waals surface area contributed by atoms with Crippen molar-refractivity contribution in [3.8, 4) is 11.8 Å². The number of ether oxygens (including phenoxy) is 1. The van der Waals surface area contributed by atoms with Crippen LogP contribution in [0.4, 0.5) is 5.82 Å². The van der Waals surface area contributed by atoms with Crippen molar-refractivity contribution < 1.29 is 9.53 Å². The molecule has 2 aromatic rings. The second kappa shape index (κ2) is 6.09. The van der Waals surface area contributed by atoms with Gasteiger partial charge in [-0.15, -0.1) is 0 Å². The number of aryl methyl sites for hydroxylation is 1. The van der Waals surface area contributed by atoms with Gasteiger partial charge in [0.25, 0.3) is 0 Å². The van der Waals surface area contributed by atoms with E-state index >= 15 is 0 Å². The molecule has 0 saturated heterocycles. The number of hydrogen-bond acceptors (Lipinski definition) is 5. The summed E-state index contributed by atoms with van der Waals surface area (Å²) in [7, 11) is 0. The predicted octanol–water partition coefficient (Wildman–Crippen LogP) is 2.07. The van der Waals surface area contributed by atoms with E-state index in [1.807, 2.05) is 6.92 Å². The van der Waals surface area contributed by atoms with E-state index in [2.05, 4.69) is 11.1 Å². The highest BCUT2D eigenvalue weighted by Gasteiger charge is 2.21. The van der Waals surface area contributed by atoms with Gasteiger partial charge in [-0.25, -0.2) is 9.78 Å². The number of aromatic nitrogens is 2. The number of rotatable bonds is 4. The Morgan fingerprint density at radius 1 is 1.38 bits per heavy atom. The summed E-state index contributed by atoms with van der Waals surface area (Å²) in [6, 6.07) is 8.98. The molecule has 0 spiro atoms. The molecule has 6 nitrogen and oxygen atoms in total. The molecule has 108 valence electrons. The Morgan fingerprint density at radius 2 is 2.05 bits per heavy atom. The van der Waals surface area contributed by atoms with Gasteiger partial charge in [0.2, 0.25) is 0 Å². The molecule has 1 aromatic heterocycles. The van der Waals surface area contributed by atoms with Gasteiger partial charge in [-0.3, -0.25) is 4.57 Å². The third-order valence-electron chi connectivity index (χ3n) is 3.02. The first-order valence-corrected chi connectivity index (χ1v) is 6.67. The summed E-state index contributed by atoms with van der Waals surface area (Å²) in [5, 5.41) is 8.84. The first kappa shape index (κ1) is 14.6. The van der Waals surface area contributed by atoms with Crippen LogP contribution in [0.25, 0.3) is 5.69 Å². The standard InChI is InChI=1S/C15H16N4O2/c1-3-12-18-13(15(20)21-4-2)14(17)19(12)11-7-5-10(9-16)6-8-11/h5-8H,3-4,17H2,1-2H3. The number of nitriles is 1. The molecule has 0 unspecified atom stereocenters. The van der Waals surface area contributed by atoms with Crippen LogP contribution in [-0.4, -0.2) is 22.1 Å². The Bertz CT molecular complexity index is 696. The zero-order valence-corrected chi connectivity index (χ0v) is 12.0. The lowest BCUT2D eigenvalue weighted by atomic mass is 10.2. The molecule has 0 radical (unpaired) electrons. The Labute approximate surface area is 122 Å². The maximum absolute atomic E-state index is 11.9. The van der Waals surface area contributed by atoms with E-state index in [0.29, 0.717) is 17.8 Å². The Hall–Kier alpha value is -2.81. The zero-order valence-electron chi connectivity index (χ0n) is 12.0. The molecule has 6 heteroatoms. The molecule has 2 rings (SSSR count). The average molecular weight is 284 g/mol. The fourth-order valence-electron chi connectivity index (χ4n) is 2.04. The van der Waals surface area contributed by atoms with E-state index in [9.17, 15) is 4.79 Å². The summed E-state index contributed by atoms with van der Waals surface area (Å²) < 4.78 is 6.66. The van der Waals surface area contributed by atoms with Crippen LogP contribution < -0.4 is 5.73 Å². The molecule has 0 atom stereocenters. The van der Waals surface area contributed by atoms with Gasteiger partial charge >= 0.3 is 5.97 Å². The smallest absolute Gasteiger partial charge is 0.360 e. The van der Waals surface area contributed by atoms with Gasteiger partial charge in [0.05, 0.1) is 18.2 Å². The highest BCUT2D eigenvalue weighted by molar-refractivity contribution is 5.92. The number of nitrogen functional groups attached to an aromatic ring is 1. The minimum atomic E-state index is -0.530. The first-order valence-electron chi connectivity index (χ1n) is 6.67. The number of nitrogens with two attached hydrogens (primary N) is 1. The lowest BCUT2D eigenvalue weighted by Crippen LogP contribution is -2.09. The monoisotopic (exact) mass is 284 g/mol. The third-order valence-corrected chi connectivity index (χ3v) is 3.02. The number of benzene rings is 1. The van der Waals surface area contributed by atoms with Crippen molar-refractivity contribution in [3.05, 3.63) is 41.3 Å². The fourth-order valence-corrected chi connectivity index (χ4v) is 2.04. The molecular formula is C15H16N4O2. The molecule has 0 aliphatic heterocycles. The van der Waals surface area contributed by atoms with Gasteiger partial charge in [0, 0.05) is 12.1 Å². The van der Waals surface area contributed by atoms with Gasteiger partial charge in [0.15, 0.2) is 5.69 Å². The number of hydrogen-bond donors (Lipinski definition) is 1. The lowest BCUT2D eigenvalue weighted by Gasteiger charge is -2.08. The molecular weight excluding hydrogens is 268 g/mol. The van der Waals surface area contributed by atoms with Crippen LogP contribution in [0.3, 0.4) is 0 Å². The van der Waals surface area contributed by atoms with E-state index < -0.39 is 5.97 Å². The molecule has 2 N–H and O–H groups in total. The molecule has 1 aromatic carbocycles. The second-order valence-electron chi connectivity index (χ2n) is 4.33. The predicted molar refractivity (Wildman–Crippen MR) is 78.0 cm³/mol. The van der Waals surface area contributed by atoms with Gasteiger partial charge in [-0.05, 0) is 31.2 Å². The van der Waals surface area contributed by atoms with Crippen LogP contribution in [0.5, 0.6) is 0 Å². The van der Waals surface area contributed by atoms with Crippen molar-refractivity contribution >= 4 is 11.8 Å². The van der Waals surface area contributed by atoms with E-state index in [4.69, 9.17) is 15.7 Å². The number of esters is 1. The van der Waals surface area contributed by atoms with E-state index in [-0.39, 0.29) is 18.1 Å². The van der Waals surface area contributed by atoms with Crippen molar-refractivity contribution in [2.24, 2.45) is 0 Å². The van der Waals surface area contributed by atoms with Crippen molar-refractivity contribution in [2.45, 2.75) is 20.3 Å². The molecule has 0 saturated carbocycles. The first-order chi connectivity index (χ1) is 10.1. The summed E-state index contributed by atoms with van der Waals surface area (Å²) in [5.74, 6) is 0.382. The summed E-state index contributed by atoms with van der Waals surface area (Å²) in [5.41, 5.74) is 7.48. The fraction of sp³-hybridized carbons (Fsp3) is 0.267. The van der Waals surface area contributed by atoms with E-state index in [0.717, 1.165) is 5.69 Å². The maximum Gasteiger partial charge on any atom is 0.360 e. The van der Waals surface area contributed by atoms with Crippen LogP contribution in [0.2, 0.25) is 0 Å². The molecule has 0 bridgehead atoms. The number of carbonyl (C=O) groups is 1. The lowest BCUT2D eigenvalue weighted by molar-refractivity contribution is 0.0521. The number of nitrogens with zero attached hydrogens (tertiary/aromatic N) is 3. The van der Waals surface area contributed by atoms with Gasteiger partial charge < -0.3 is 10.5 Å². The molecule has 21 heavy (non-hydrogen) atoms. The van der Waals surface area contributed by atoms with Gasteiger partial charge in [-0.2, -0.15) is 5.26 Å². The highest BCUT2D eigenvalue weighted by Crippen LogP contribution is 2.22. The quantitative estimate of drug-likeness (QED) is 0.867. The summed E-state index contributed by atoms with van der Waals surface area (Å²) in [6.07, 6.45) is 0.615. The minimum Gasteiger partial charge on any atom is -0.461 e. The minimum absolute atomic E-state index is 0.123. The molecule has 0 fully saturated rings.